The zero-order valence-corrected chi connectivity index (χ0v) is 25.8. The average molecular weight is 600 g/mol. The van der Waals surface area contributed by atoms with Crippen molar-refractivity contribution in [2.24, 2.45) is 7.05 Å². The Labute approximate surface area is 256 Å². The largest absolute Gasteiger partial charge is 0.493 e. The lowest BCUT2D eigenvalue weighted by Gasteiger charge is -2.39. The molecule has 0 fully saturated rings. The predicted molar refractivity (Wildman–Crippen MR) is 163 cm³/mol. The summed E-state index contributed by atoms with van der Waals surface area (Å²) in [5, 5.41) is 5.19. The molecular formula is C33H37N5O6. The Kier molecular flexibility index (Phi) is 8.13. The average Bonchev–Trinajstić information content (AvgIpc) is 3.31. The molecule has 5 heterocycles. The van der Waals surface area contributed by atoms with Gasteiger partial charge in [-0.2, -0.15) is 5.10 Å². The van der Waals surface area contributed by atoms with E-state index in [1.165, 1.54) is 0 Å². The molecule has 0 spiro atoms. The molecule has 2 bridgehead atoms. The molecular weight excluding hydrogens is 562 g/mol. The third kappa shape index (κ3) is 5.43. The molecule has 44 heavy (non-hydrogen) atoms. The molecule has 1 atom stereocenters. The van der Waals surface area contributed by atoms with Crippen LogP contribution in [0.3, 0.4) is 0 Å². The van der Waals surface area contributed by atoms with E-state index in [1.54, 1.807) is 29.9 Å². The second-order valence-corrected chi connectivity index (χ2v) is 11.1. The van der Waals surface area contributed by atoms with E-state index in [0.29, 0.717) is 71.4 Å². The number of carbonyl (C=O) groups excluding carboxylic acids is 2. The van der Waals surface area contributed by atoms with Crippen LogP contribution in [-0.2, 0) is 23.0 Å². The zero-order chi connectivity index (χ0) is 31.0. The minimum Gasteiger partial charge on any atom is -0.493 e. The van der Waals surface area contributed by atoms with Gasteiger partial charge in [-0.25, -0.2) is 4.98 Å². The van der Waals surface area contributed by atoms with Crippen molar-refractivity contribution < 1.29 is 28.5 Å². The van der Waals surface area contributed by atoms with E-state index in [4.69, 9.17) is 18.9 Å². The van der Waals surface area contributed by atoms with Crippen molar-refractivity contribution in [1.29, 1.82) is 0 Å². The first-order chi connectivity index (χ1) is 21.3. The van der Waals surface area contributed by atoms with Crippen molar-refractivity contribution in [2.75, 3.05) is 53.7 Å². The maximum Gasteiger partial charge on any atom is 0.255 e. The van der Waals surface area contributed by atoms with Crippen LogP contribution in [-0.4, -0.2) is 90.1 Å². The van der Waals surface area contributed by atoms with Gasteiger partial charge in [-0.15, -0.1) is 0 Å². The van der Waals surface area contributed by atoms with Gasteiger partial charge >= 0.3 is 0 Å². The fourth-order valence-electron chi connectivity index (χ4n) is 6.23. The fraction of sp³-hybridized carbons (Fsp3) is 0.394. The minimum absolute atomic E-state index is 0.113. The number of aryl methyl sites for hydroxylation is 3. The van der Waals surface area contributed by atoms with Crippen molar-refractivity contribution in [1.82, 2.24) is 24.6 Å². The fourth-order valence-corrected chi connectivity index (χ4v) is 6.23. The summed E-state index contributed by atoms with van der Waals surface area (Å²) in [7, 11) is 5.03. The van der Waals surface area contributed by atoms with E-state index < -0.39 is 6.04 Å². The molecule has 2 aromatic heterocycles. The third-order valence-corrected chi connectivity index (χ3v) is 8.33. The van der Waals surface area contributed by atoms with Gasteiger partial charge in [0.05, 0.1) is 50.1 Å². The minimum atomic E-state index is -0.395. The molecule has 11 heteroatoms. The maximum absolute atomic E-state index is 14.3. The van der Waals surface area contributed by atoms with Crippen LogP contribution in [0.5, 0.6) is 17.2 Å². The van der Waals surface area contributed by atoms with Crippen LogP contribution in [0.4, 0.5) is 0 Å². The highest BCUT2D eigenvalue weighted by Gasteiger charge is 2.35. The summed E-state index contributed by atoms with van der Waals surface area (Å²) in [5.41, 5.74) is 5.47. The topological polar surface area (TPSA) is 108 Å². The van der Waals surface area contributed by atoms with E-state index in [1.807, 2.05) is 62.2 Å². The van der Waals surface area contributed by atoms with Crippen LogP contribution in [0, 0.1) is 13.8 Å². The van der Waals surface area contributed by atoms with Crippen molar-refractivity contribution in [3.05, 3.63) is 76.1 Å². The molecule has 0 radical (unpaired) electrons. The number of pyridine rings is 1. The predicted octanol–water partition coefficient (Wildman–Crippen LogP) is 3.63. The molecule has 11 nitrogen and oxygen atoms in total. The van der Waals surface area contributed by atoms with Gasteiger partial charge < -0.3 is 28.7 Å². The van der Waals surface area contributed by atoms with Crippen LogP contribution < -0.4 is 14.2 Å². The number of hydrogen-bond acceptors (Lipinski definition) is 8. The number of aromatic nitrogens is 3. The van der Waals surface area contributed by atoms with E-state index in [-0.39, 0.29) is 31.5 Å². The van der Waals surface area contributed by atoms with Gasteiger partial charge in [-0.3, -0.25) is 14.3 Å². The molecule has 0 saturated carbocycles. The molecule has 0 aliphatic carbocycles. The van der Waals surface area contributed by atoms with E-state index in [2.05, 4.69) is 10.1 Å². The lowest BCUT2D eigenvalue weighted by Crippen LogP contribution is -2.47. The summed E-state index contributed by atoms with van der Waals surface area (Å²) in [4.78, 5) is 36.6. The molecule has 230 valence electrons. The van der Waals surface area contributed by atoms with Crippen LogP contribution in [0.15, 0.2) is 42.5 Å². The number of amides is 2. The van der Waals surface area contributed by atoms with Gasteiger partial charge in [-0.1, -0.05) is 12.1 Å². The van der Waals surface area contributed by atoms with Crippen LogP contribution in [0.25, 0.3) is 11.0 Å². The summed E-state index contributed by atoms with van der Waals surface area (Å²) < 4.78 is 24.7. The summed E-state index contributed by atoms with van der Waals surface area (Å²) in [6.07, 6.45) is 0.634. The highest BCUT2D eigenvalue weighted by molar-refractivity contribution is 6.07. The standard InChI is InChI=1S/C33H37N5O6/c1-20-16-26(30-21(2)35-36(3)32(30)34-20)33(40)37-12-13-43-14-15-44-24-8-6-22(7-9-24)31-25-18-28(42-5)27(41-4)17-23(25)10-11-38(31)29(39)19-37/h6-9,16-18,31H,10-15,19H2,1-5H3. The Balaban J connectivity index is 1.41. The van der Waals surface area contributed by atoms with Gasteiger partial charge in [0.2, 0.25) is 5.91 Å². The molecule has 2 aromatic carbocycles. The van der Waals surface area contributed by atoms with Crippen LogP contribution in [0.2, 0.25) is 0 Å². The zero-order valence-electron chi connectivity index (χ0n) is 25.8. The number of fused-ring (bicyclic) bond motifs is 12. The second-order valence-electron chi connectivity index (χ2n) is 11.1. The van der Waals surface area contributed by atoms with Gasteiger partial charge in [-0.05, 0) is 67.3 Å². The molecule has 4 aromatic rings. The lowest BCUT2D eigenvalue weighted by molar-refractivity contribution is -0.134. The number of ether oxygens (including phenoxy) is 4. The molecule has 3 aliphatic heterocycles. The molecule has 2 amide bonds. The van der Waals surface area contributed by atoms with Crippen molar-refractivity contribution >= 4 is 22.8 Å². The Morgan fingerprint density at radius 1 is 0.977 bits per heavy atom. The quantitative estimate of drug-likeness (QED) is 0.329. The SMILES string of the molecule is COc1cc2c(cc1OC)C1c3ccc(cc3)OCCOCCN(C(=O)c3cc(C)nc4c3c(C)nn4C)CC(=O)N1CC2. The third-order valence-electron chi connectivity index (χ3n) is 8.33. The van der Waals surface area contributed by atoms with Crippen molar-refractivity contribution in [3.8, 4) is 17.2 Å². The second kappa shape index (κ2) is 12.2. The Morgan fingerprint density at radius 3 is 2.48 bits per heavy atom. The van der Waals surface area contributed by atoms with Crippen molar-refractivity contribution in [3.63, 3.8) is 0 Å². The van der Waals surface area contributed by atoms with E-state index in [9.17, 15) is 9.59 Å². The first-order valence-corrected chi connectivity index (χ1v) is 14.7. The smallest absolute Gasteiger partial charge is 0.255 e. The van der Waals surface area contributed by atoms with E-state index in [0.717, 1.165) is 16.7 Å². The summed E-state index contributed by atoms with van der Waals surface area (Å²) in [5.74, 6) is 1.53. The lowest BCUT2D eigenvalue weighted by atomic mass is 9.87. The Hall–Kier alpha value is -4.64. The van der Waals surface area contributed by atoms with Crippen LogP contribution >= 0.6 is 0 Å². The van der Waals surface area contributed by atoms with Crippen molar-refractivity contribution in [2.45, 2.75) is 26.3 Å². The number of carbonyl (C=O) groups is 2. The normalized spacial score (nSPS) is 17.4. The highest BCUT2D eigenvalue weighted by Crippen LogP contribution is 2.41. The van der Waals surface area contributed by atoms with E-state index >= 15 is 0 Å². The summed E-state index contributed by atoms with van der Waals surface area (Å²) in [6, 6.07) is 13.1. The Bertz CT molecular complexity index is 1720. The van der Waals surface area contributed by atoms with Gasteiger partial charge in [0.15, 0.2) is 17.1 Å². The molecule has 3 aliphatic rings. The summed E-state index contributed by atoms with van der Waals surface area (Å²) >= 11 is 0. The summed E-state index contributed by atoms with van der Waals surface area (Å²) in [6.45, 7) is 5.27. The molecule has 0 N–H and O–H groups in total. The highest BCUT2D eigenvalue weighted by atomic mass is 16.5. The number of nitrogens with zero attached hydrogens (tertiary/aromatic N) is 5. The molecule has 0 saturated heterocycles. The number of rotatable bonds is 3. The number of benzene rings is 2. The maximum atomic E-state index is 14.3. The monoisotopic (exact) mass is 599 g/mol. The van der Waals surface area contributed by atoms with Crippen LogP contribution in [0.1, 0.15) is 44.5 Å². The molecule has 7 rings (SSSR count). The van der Waals surface area contributed by atoms with Gasteiger partial charge in [0, 0.05) is 25.8 Å². The Morgan fingerprint density at radius 2 is 1.73 bits per heavy atom. The van der Waals surface area contributed by atoms with Gasteiger partial charge in [0.1, 0.15) is 18.9 Å². The number of methoxy groups -OCH3 is 2. The first kappa shape index (κ1) is 29.4. The number of hydrogen-bond donors (Lipinski definition) is 0. The molecule has 1 unspecified atom stereocenters. The van der Waals surface area contributed by atoms with Gasteiger partial charge in [0.25, 0.3) is 5.91 Å². The first-order valence-electron chi connectivity index (χ1n) is 14.7.